The third kappa shape index (κ3) is 3.64. The van der Waals surface area contributed by atoms with Gasteiger partial charge in [0.05, 0.1) is 25.3 Å². The van der Waals surface area contributed by atoms with E-state index in [4.69, 9.17) is 21.4 Å². The van der Waals surface area contributed by atoms with Crippen molar-refractivity contribution in [3.63, 3.8) is 0 Å². The molecule has 0 saturated heterocycles. The second-order valence-corrected chi connectivity index (χ2v) is 3.19. The van der Waals surface area contributed by atoms with E-state index in [-0.39, 0.29) is 23.0 Å². The molecule has 0 amide bonds. The maximum Gasteiger partial charge on any atom is 0.573 e. The van der Waals surface area contributed by atoms with E-state index in [2.05, 4.69) is 9.72 Å². The number of ether oxygens (including phenoxy) is 2. The predicted molar refractivity (Wildman–Crippen MR) is 53.0 cm³/mol. The molecule has 96 valence electrons. The number of aliphatic hydroxyl groups is 1. The summed E-state index contributed by atoms with van der Waals surface area (Å²) in [6.07, 6.45) is -4.84. The molecule has 17 heavy (non-hydrogen) atoms. The minimum atomic E-state index is -4.84. The largest absolute Gasteiger partial charge is 0.573 e. The number of nitrogens with zero attached hydrogens (tertiary/aromatic N) is 1. The van der Waals surface area contributed by atoms with Crippen LogP contribution in [0.4, 0.5) is 13.2 Å². The SMILES string of the molecule is COc1cc(OC(F)(F)F)c(CCl)nc1CO. The fourth-order valence-electron chi connectivity index (χ4n) is 1.16. The lowest BCUT2D eigenvalue weighted by Gasteiger charge is -2.14. The highest BCUT2D eigenvalue weighted by Gasteiger charge is 2.33. The van der Waals surface area contributed by atoms with Crippen LogP contribution in [0.25, 0.3) is 0 Å². The minimum Gasteiger partial charge on any atom is -0.495 e. The lowest BCUT2D eigenvalue weighted by Crippen LogP contribution is -2.18. The van der Waals surface area contributed by atoms with E-state index in [9.17, 15) is 13.2 Å². The normalized spacial score (nSPS) is 11.4. The van der Waals surface area contributed by atoms with Gasteiger partial charge in [-0.1, -0.05) is 0 Å². The zero-order valence-corrected chi connectivity index (χ0v) is 9.47. The Hall–Kier alpha value is -1.21. The summed E-state index contributed by atoms with van der Waals surface area (Å²) in [5.41, 5.74) is -0.0217. The number of methoxy groups -OCH3 is 1. The summed E-state index contributed by atoms with van der Waals surface area (Å²) in [6.45, 7) is -0.473. The van der Waals surface area contributed by atoms with Gasteiger partial charge in [-0.05, 0) is 0 Å². The molecule has 8 heteroatoms. The van der Waals surface area contributed by atoms with Crippen LogP contribution in [0.1, 0.15) is 11.4 Å². The second-order valence-electron chi connectivity index (χ2n) is 2.92. The molecule has 0 bridgehead atoms. The number of rotatable bonds is 4. The average molecular weight is 272 g/mol. The quantitative estimate of drug-likeness (QED) is 0.853. The van der Waals surface area contributed by atoms with Gasteiger partial charge in [-0.25, -0.2) is 4.98 Å². The van der Waals surface area contributed by atoms with Gasteiger partial charge >= 0.3 is 6.36 Å². The molecule has 0 radical (unpaired) electrons. The molecule has 0 aliphatic rings. The van der Waals surface area contributed by atoms with Crippen LogP contribution in [0.15, 0.2) is 6.07 Å². The number of halogens is 4. The molecule has 0 aromatic carbocycles. The van der Waals surface area contributed by atoms with Crippen molar-refractivity contribution in [3.8, 4) is 11.5 Å². The number of pyridine rings is 1. The molecule has 1 heterocycles. The fraction of sp³-hybridized carbons (Fsp3) is 0.444. The van der Waals surface area contributed by atoms with E-state index in [0.717, 1.165) is 6.07 Å². The summed E-state index contributed by atoms with van der Waals surface area (Å²) < 4.78 is 44.8. The Morgan fingerprint density at radius 2 is 2.00 bits per heavy atom. The van der Waals surface area contributed by atoms with Crippen molar-refractivity contribution in [3.05, 3.63) is 17.5 Å². The van der Waals surface area contributed by atoms with Gasteiger partial charge in [-0.2, -0.15) is 0 Å². The molecular weight excluding hydrogens is 263 g/mol. The number of hydrogen-bond donors (Lipinski definition) is 1. The highest BCUT2D eigenvalue weighted by molar-refractivity contribution is 6.17. The van der Waals surface area contributed by atoms with Crippen LogP contribution in [0.5, 0.6) is 11.5 Å². The van der Waals surface area contributed by atoms with Crippen molar-refractivity contribution < 1.29 is 27.8 Å². The lowest BCUT2D eigenvalue weighted by atomic mass is 10.2. The lowest BCUT2D eigenvalue weighted by molar-refractivity contribution is -0.275. The molecule has 1 aromatic heterocycles. The molecule has 1 rings (SSSR count). The van der Waals surface area contributed by atoms with Crippen molar-refractivity contribution in [1.29, 1.82) is 0 Å². The van der Waals surface area contributed by atoms with Crippen LogP contribution >= 0.6 is 11.6 Å². The summed E-state index contributed by atoms with van der Waals surface area (Å²) >= 11 is 5.45. The topological polar surface area (TPSA) is 51.6 Å². The van der Waals surface area contributed by atoms with Crippen molar-refractivity contribution >= 4 is 11.6 Å². The van der Waals surface area contributed by atoms with Gasteiger partial charge in [0.25, 0.3) is 0 Å². The van der Waals surface area contributed by atoms with Crippen molar-refractivity contribution in [2.24, 2.45) is 0 Å². The van der Waals surface area contributed by atoms with Gasteiger partial charge in [-0.3, -0.25) is 0 Å². The molecule has 0 atom stereocenters. The van der Waals surface area contributed by atoms with Gasteiger partial charge in [0.2, 0.25) is 0 Å². The summed E-state index contributed by atoms with van der Waals surface area (Å²) in [4.78, 5) is 3.73. The van der Waals surface area contributed by atoms with Gasteiger partial charge in [-0.15, -0.1) is 24.8 Å². The first-order valence-electron chi connectivity index (χ1n) is 4.40. The summed E-state index contributed by atoms with van der Waals surface area (Å²) in [5.74, 6) is -0.815. The van der Waals surface area contributed by atoms with Crippen LogP contribution in [0.2, 0.25) is 0 Å². The van der Waals surface area contributed by atoms with Crippen molar-refractivity contribution in [2.45, 2.75) is 18.8 Å². The summed E-state index contributed by atoms with van der Waals surface area (Å²) in [7, 11) is 1.24. The molecule has 0 spiro atoms. The predicted octanol–water partition coefficient (Wildman–Crippen LogP) is 2.22. The number of hydrogen-bond acceptors (Lipinski definition) is 4. The van der Waals surface area contributed by atoms with E-state index in [0.29, 0.717) is 0 Å². The zero-order chi connectivity index (χ0) is 13.1. The molecule has 0 aliphatic heterocycles. The van der Waals surface area contributed by atoms with E-state index < -0.39 is 18.7 Å². The van der Waals surface area contributed by atoms with Gasteiger partial charge in [0.15, 0.2) is 5.75 Å². The minimum absolute atomic E-state index is 0.000571. The summed E-state index contributed by atoms with van der Waals surface area (Å²) in [5, 5.41) is 8.94. The molecule has 0 aliphatic carbocycles. The highest BCUT2D eigenvalue weighted by Crippen LogP contribution is 2.31. The van der Waals surface area contributed by atoms with Crippen LogP contribution in [-0.2, 0) is 12.5 Å². The maximum absolute atomic E-state index is 12.1. The fourth-order valence-corrected chi connectivity index (χ4v) is 1.35. The molecule has 0 saturated carbocycles. The molecule has 1 aromatic rings. The van der Waals surface area contributed by atoms with Crippen LogP contribution in [-0.4, -0.2) is 23.6 Å². The number of aliphatic hydroxyl groups excluding tert-OH is 1. The Bertz CT molecular complexity index is 398. The smallest absolute Gasteiger partial charge is 0.495 e. The van der Waals surface area contributed by atoms with Gasteiger partial charge in [0, 0.05) is 6.07 Å². The first-order valence-corrected chi connectivity index (χ1v) is 4.94. The van der Waals surface area contributed by atoms with Crippen LogP contribution in [0, 0.1) is 0 Å². The molecular formula is C9H9ClF3NO3. The van der Waals surface area contributed by atoms with Gasteiger partial charge in [0.1, 0.15) is 11.4 Å². The molecule has 4 nitrogen and oxygen atoms in total. The molecule has 1 N–H and O–H groups in total. The Balaban J connectivity index is 3.19. The Kier molecular flexibility index (Phi) is 4.41. The number of aromatic nitrogens is 1. The number of alkyl halides is 4. The Labute approximate surface area is 99.9 Å². The Morgan fingerprint density at radius 3 is 2.41 bits per heavy atom. The third-order valence-electron chi connectivity index (χ3n) is 1.82. The zero-order valence-electron chi connectivity index (χ0n) is 8.71. The average Bonchev–Trinajstić information content (AvgIpc) is 2.26. The van der Waals surface area contributed by atoms with Crippen molar-refractivity contribution in [1.82, 2.24) is 4.98 Å². The van der Waals surface area contributed by atoms with E-state index >= 15 is 0 Å². The highest BCUT2D eigenvalue weighted by atomic mass is 35.5. The van der Waals surface area contributed by atoms with E-state index in [1.54, 1.807) is 0 Å². The van der Waals surface area contributed by atoms with Crippen molar-refractivity contribution in [2.75, 3.05) is 7.11 Å². The maximum atomic E-state index is 12.1. The monoisotopic (exact) mass is 271 g/mol. The second kappa shape index (κ2) is 5.42. The summed E-state index contributed by atoms with van der Waals surface area (Å²) in [6, 6.07) is 0.990. The van der Waals surface area contributed by atoms with Crippen LogP contribution in [0.3, 0.4) is 0 Å². The first kappa shape index (κ1) is 13.9. The molecule has 0 fully saturated rings. The van der Waals surface area contributed by atoms with E-state index in [1.165, 1.54) is 7.11 Å². The first-order chi connectivity index (χ1) is 7.91. The van der Waals surface area contributed by atoms with E-state index in [1.807, 2.05) is 0 Å². The third-order valence-corrected chi connectivity index (χ3v) is 2.08. The molecule has 0 unspecified atom stereocenters. The standard InChI is InChI=1S/C9H9ClF3NO3/c1-16-7-2-8(17-9(11,12)13)5(3-10)14-6(7)4-15/h2,15H,3-4H2,1H3. The van der Waals surface area contributed by atoms with Crippen LogP contribution < -0.4 is 9.47 Å². The van der Waals surface area contributed by atoms with Gasteiger partial charge < -0.3 is 14.6 Å². The Morgan fingerprint density at radius 1 is 1.35 bits per heavy atom.